The van der Waals surface area contributed by atoms with Gasteiger partial charge in [-0.15, -0.1) is 18.3 Å². The molecule has 0 aliphatic rings. The number of rotatable bonds is 7. The van der Waals surface area contributed by atoms with Crippen molar-refractivity contribution in [3.05, 3.63) is 42.0 Å². The van der Waals surface area contributed by atoms with Crippen molar-refractivity contribution >= 4 is 11.8 Å². The van der Waals surface area contributed by atoms with Crippen molar-refractivity contribution in [2.75, 3.05) is 5.75 Å². The Balaban J connectivity index is 2.07. The van der Waals surface area contributed by atoms with Crippen LogP contribution in [0, 0.1) is 6.92 Å². The number of allylic oxidation sites excluding steroid dienone is 1. The SMILES string of the molecule is C=C(C)CCCCCSc1ccc(C)cc1. The maximum Gasteiger partial charge on any atom is 0.00721 e. The van der Waals surface area contributed by atoms with Crippen LogP contribution in [0.2, 0.25) is 0 Å². The van der Waals surface area contributed by atoms with Crippen molar-refractivity contribution in [2.24, 2.45) is 0 Å². The van der Waals surface area contributed by atoms with E-state index in [9.17, 15) is 0 Å². The van der Waals surface area contributed by atoms with Crippen LogP contribution >= 0.6 is 11.8 Å². The van der Waals surface area contributed by atoms with Gasteiger partial charge >= 0.3 is 0 Å². The van der Waals surface area contributed by atoms with Crippen LogP contribution in [-0.2, 0) is 0 Å². The first kappa shape index (κ1) is 13.4. The molecule has 0 bridgehead atoms. The van der Waals surface area contributed by atoms with E-state index in [2.05, 4.69) is 44.7 Å². The molecule has 16 heavy (non-hydrogen) atoms. The van der Waals surface area contributed by atoms with Crippen LogP contribution < -0.4 is 0 Å². The van der Waals surface area contributed by atoms with Crippen LogP contribution in [-0.4, -0.2) is 5.75 Å². The molecule has 0 unspecified atom stereocenters. The Labute approximate surface area is 104 Å². The third kappa shape index (κ3) is 6.02. The monoisotopic (exact) mass is 234 g/mol. The fourth-order valence-corrected chi connectivity index (χ4v) is 2.44. The number of aryl methyl sites for hydroxylation is 1. The molecule has 0 N–H and O–H groups in total. The van der Waals surface area contributed by atoms with Gasteiger partial charge < -0.3 is 0 Å². The molecular formula is C15H22S. The first-order valence-electron chi connectivity index (χ1n) is 6.02. The molecule has 88 valence electrons. The fraction of sp³-hybridized carbons (Fsp3) is 0.467. The summed E-state index contributed by atoms with van der Waals surface area (Å²) in [6, 6.07) is 8.80. The third-order valence-corrected chi connectivity index (χ3v) is 3.64. The normalized spacial score (nSPS) is 10.4. The Morgan fingerprint density at radius 3 is 2.44 bits per heavy atom. The Morgan fingerprint density at radius 2 is 1.81 bits per heavy atom. The minimum Gasteiger partial charge on any atom is -0.126 e. The molecule has 1 aromatic carbocycles. The Hall–Kier alpha value is -0.690. The van der Waals surface area contributed by atoms with Crippen molar-refractivity contribution in [3.63, 3.8) is 0 Å². The lowest BCUT2D eigenvalue weighted by atomic mass is 10.1. The molecule has 0 aromatic heterocycles. The first-order valence-corrected chi connectivity index (χ1v) is 7.01. The van der Waals surface area contributed by atoms with E-state index < -0.39 is 0 Å². The van der Waals surface area contributed by atoms with Gasteiger partial charge in [-0.05, 0) is 51.0 Å². The summed E-state index contributed by atoms with van der Waals surface area (Å²) in [5.74, 6) is 1.24. The highest BCUT2D eigenvalue weighted by molar-refractivity contribution is 7.99. The zero-order valence-electron chi connectivity index (χ0n) is 10.5. The van der Waals surface area contributed by atoms with Gasteiger partial charge in [-0.1, -0.05) is 29.7 Å². The van der Waals surface area contributed by atoms with Crippen LogP contribution in [0.1, 0.15) is 38.2 Å². The highest BCUT2D eigenvalue weighted by Gasteiger charge is 1.94. The molecule has 0 nitrogen and oxygen atoms in total. The molecule has 0 saturated carbocycles. The van der Waals surface area contributed by atoms with E-state index >= 15 is 0 Å². The van der Waals surface area contributed by atoms with Gasteiger partial charge in [0.25, 0.3) is 0 Å². The van der Waals surface area contributed by atoms with E-state index in [1.165, 1.54) is 47.5 Å². The summed E-state index contributed by atoms with van der Waals surface area (Å²) in [6.07, 6.45) is 5.12. The van der Waals surface area contributed by atoms with E-state index in [4.69, 9.17) is 0 Å². The molecule has 0 heterocycles. The third-order valence-electron chi connectivity index (χ3n) is 2.54. The molecule has 0 fully saturated rings. The van der Waals surface area contributed by atoms with E-state index in [1.54, 1.807) is 0 Å². The average Bonchev–Trinajstić information content (AvgIpc) is 2.25. The summed E-state index contributed by atoms with van der Waals surface area (Å²) in [6.45, 7) is 8.17. The maximum atomic E-state index is 3.92. The highest BCUT2D eigenvalue weighted by atomic mass is 32.2. The van der Waals surface area contributed by atoms with Gasteiger partial charge in [0.05, 0.1) is 0 Å². The van der Waals surface area contributed by atoms with Crippen molar-refractivity contribution in [1.82, 2.24) is 0 Å². The highest BCUT2D eigenvalue weighted by Crippen LogP contribution is 2.20. The molecule has 0 radical (unpaired) electrons. The molecule has 1 rings (SSSR count). The smallest absolute Gasteiger partial charge is 0.00721 e. The molecule has 0 spiro atoms. The summed E-state index contributed by atoms with van der Waals surface area (Å²) in [5.41, 5.74) is 2.65. The zero-order valence-corrected chi connectivity index (χ0v) is 11.3. The Morgan fingerprint density at radius 1 is 1.12 bits per heavy atom. The van der Waals surface area contributed by atoms with Gasteiger partial charge in [-0.2, -0.15) is 0 Å². The predicted octanol–water partition coefficient (Wildman–Crippen LogP) is 5.22. The summed E-state index contributed by atoms with van der Waals surface area (Å²) < 4.78 is 0. The van der Waals surface area contributed by atoms with Crippen LogP contribution in [0.4, 0.5) is 0 Å². The number of unbranched alkanes of at least 4 members (excludes halogenated alkanes) is 2. The molecule has 0 atom stereocenters. The summed E-state index contributed by atoms with van der Waals surface area (Å²) in [5, 5.41) is 0. The molecule has 1 aromatic rings. The second kappa shape index (κ2) is 7.56. The van der Waals surface area contributed by atoms with E-state index in [1.807, 2.05) is 11.8 Å². The summed E-state index contributed by atoms with van der Waals surface area (Å²) >= 11 is 1.97. The number of thioether (sulfide) groups is 1. The standard InChI is InChI=1S/C15H22S/c1-13(2)7-5-4-6-12-16-15-10-8-14(3)9-11-15/h8-11H,1,4-7,12H2,2-3H3. The Kier molecular flexibility index (Phi) is 6.32. The second-order valence-corrected chi connectivity index (χ2v) is 5.60. The number of benzene rings is 1. The lowest BCUT2D eigenvalue weighted by Gasteiger charge is -2.02. The van der Waals surface area contributed by atoms with Crippen LogP contribution in [0.15, 0.2) is 41.3 Å². The van der Waals surface area contributed by atoms with Gasteiger partial charge in [0.2, 0.25) is 0 Å². The first-order chi connectivity index (χ1) is 7.68. The van der Waals surface area contributed by atoms with E-state index in [0.717, 1.165) is 0 Å². The van der Waals surface area contributed by atoms with Crippen molar-refractivity contribution in [2.45, 2.75) is 44.4 Å². The molecule has 0 saturated heterocycles. The van der Waals surface area contributed by atoms with Crippen LogP contribution in [0.3, 0.4) is 0 Å². The van der Waals surface area contributed by atoms with Crippen molar-refractivity contribution < 1.29 is 0 Å². The minimum atomic E-state index is 1.19. The number of hydrogen-bond acceptors (Lipinski definition) is 1. The zero-order chi connectivity index (χ0) is 11.8. The minimum absolute atomic E-state index is 1.19. The van der Waals surface area contributed by atoms with Gasteiger partial charge in [0, 0.05) is 4.90 Å². The largest absolute Gasteiger partial charge is 0.126 e. The summed E-state index contributed by atoms with van der Waals surface area (Å²) in [4.78, 5) is 1.39. The van der Waals surface area contributed by atoms with Crippen LogP contribution in [0.25, 0.3) is 0 Å². The van der Waals surface area contributed by atoms with Gasteiger partial charge in [0.1, 0.15) is 0 Å². The predicted molar refractivity (Wildman–Crippen MR) is 75.2 cm³/mol. The lowest BCUT2D eigenvalue weighted by molar-refractivity contribution is 0.719. The van der Waals surface area contributed by atoms with Crippen LogP contribution in [0.5, 0.6) is 0 Å². The van der Waals surface area contributed by atoms with Gasteiger partial charge in [0.15, 0.2) is 0 Å². The Bertz CT molecular complexity index is 311. The fourth-order valence-electron chi connectivity index (χ4n) is 1.53. The number of hydrogen-bond donors (Lipinski definition) is 0. The van der Waals surface area contributed by atoms with Gasteiger partial charge in [-0.25, -0.2) is 0 Å². The average molecular weight is 234 g/mol. The van der Waals surface area contributed by atoms with Crippen molar-refractivity contribution in [1.29, 1.82) is 0 Å². The topological polar surface area (TPSA) is 0 Å². The van der Waals surface area contributed by atoms with E-state index in [0.29, 0.717) is 0 Å². The lowest BCUT2D eigenvalue weighted by Crippen LogP contribution is -1.83. The van der Waals surface area contributed by atoms with Crippen molar-refractivity contribution in [3.8, 4) is 0 Å². The molecular weight excluding hydrogens is 212 g/mol. The maximum absolute atomic E-state index is 3.92. The second-order valence-electron chi connectivity index (χ2n) is 4.43. The molecule has 0 aliphatic carbocycles. The van der Waals surface area contributed by atoms with Gasteiger partial charge in [-0.3, -0.25) is 0 Å². The molecule has 0 aliphatic heterocycles. The quantitative estimate of drug-likeness (QED) is 0.354. The molecule has 1 heteroatoms. The summed E-state index contributed by atoms with van der Waals surface area (Å²) in [7, 11) is 0. The molecule has 0 amide bonds. The van der Waals surface area contributed by atoms with E-state index in [-0.39, 0.29) is 0 Å².